The second-order valence-corrected chi connectivity index (χ2v) is 9.44. The Morgan fingerprint density at radius 1 is 1.11 bits per heavy atom. The molecular formula is C30H32N2O4. The number of pyridine rings is 1. The van der Waals surface area contributed by atoms with E-state index in [1.165, 1.54) is 4.90 Å². The maximum atomic E-state index is 13.3. The van der Waals surface area contributed by atoms with Crippen LogP contribution >= 0.6 is 0 Å². The van der Waals surface area contributed by atoms with Gasteiger partial charge in [0, 0.05) is 24.5 Å². The highest BCUT2D eigenvalue weighted by Gasteiger charge is 2.46. The third-order valence-electron chi connectivity index (χ3n) is 6.44. The molecule has 36 heavy (non-hydrogen) atoms. The number of nitrogens with zero attached hydrogens (tertiary/aromatic N) is 2. The SMILES string of the molecule is CCCOc1ccc(C(O)=C2C(=O)C(=O)N(Cc3cccnc3)C2c2ccc(C(C)C)cc2)cc1C. The van der Waals surface area contributed by atoms with E-state index < -0.39 is 17.7 Å². The van der Waals surface area contributed by atoms with E-state index in [-0.39, 0.29) is 17.9 Å². The molecule has 3 aromatic rings. The first-order valence-electron chi connectivity index (χ1n) is 12.3. The maximum Gasteiger partial charge on any atom is 0.295 e. The van der Waals surface area contributed by atoms with Gasteiger partial charge < -0.3 is 14.7 Å². The van der Waals surface area contributed by atoms with Crippen LogP contribution in [0.4, 0.5) is 0 Å². The summed E-state index contributed by atoms with van der Waals surface area (Å²) in [6.45, 7) is 8.95. The van der Waals surface area contributed by atoms with Crippen LogP contribution in [0.3, 0.4) is 0 Å². The highest BCUT2D eigenvalue weighted by molar-refractivity contribution is 6.46. The molecule has 1 amide bonds. The molecule has 1 aliphatic rings. The smallest absolute Gasteiger partial charge is 0.295 e. The van der Waals surface area contributed by atoms with Gasteiger partial charge in [-0.1, -0.05) is 51.1 Å². The Hall–Kier alpha value is -3.93. The van der Waals surface area contributed by atoms with Crippen LogP contribution in [-0.4, -0.2) is 33.3 Å². The molecular weight excluding hydrogens is 452 g/mol. The summed E-state index contributed by atoms with van der Waals surface area (Å²) < 4.78 is 5.76. The quantitative estimate of drug-likeness (QED) is 0.244. The molecule has 1 fully saturated rings. The Bertz CT molecular complexity index is 1280. The number of aryl methyl sites for hydroxylation is 1. The van der Waals surface area contributed by atoms with E-state index in [0.29, 0.717) is 18.1 Å². The molecule has 0 saturated carbocycles. The molecule has 1 aliphatic heterocycles. The number of carbonyl (C=O) groups is 2. The first-order chi connectivity index (χ1) is 17.3. The van der Waals surface area contributed by atoms with Gasteiger partial charge in [-0.3, -0.25) is 14.6 Å². The Morgan fingerprint density at radius 2 is 1.86 bits per heavy atom. The zero-order chi connectivity index (χ0) is 25.8. The van der Waals surface area contributed by atoms with E-state index in [9.17, 15) is 14.7 Å². The van der Waals surface area contributed by atoms with Crippen LogP contribution in [0.5, 0.6) is 5.75 Å². The first-order valence-corrected chi connectivity index (χ1v) is 12.3. The number of Topliss-reactive ketones (excluding diaryl/α,β-unsaturated/α-hetero) is 1. The van der Waals surface area contributed by atoms with Gasteiger partial charge in [0.05, 0.1) is 18.2 Å². The van der Waals surface area contributed by atoms with Crippen molar-refractivity contribution in [2.24, 2.45) is 0 Å². The normalized spacial score (nSPS) is 17.1. The fourth-order valence-electron chi connectivity index (χ4n) is 4.47. The van der Waals surface area contributed by atoms with Crippen LogP contribution in [0.2, 0.25) is 0 Å². The second kappa shape index (κ2) is 10.8. The van der Waals surface area contributed by atoms with E-state index in [2.05, 4.69) is 18.8 Å². The van der Waals surface area contributed by atoms with Gasteiger partial charge in [0.1, 0.15) is 11.5 Å². The number of amides is 1. The minimum absolute atomic E-state index is 0.0859. The Labute approximate surface area is 212 Å². The third-order valence-corrected chi connectivity index (χ3v) is 6.44. The number of hydrogen-bond donors (Lipinski definition) is 1. The minimum Gasteiger partial charge on any atom is -0.507 e. The molecule has 0 bridgehead atoms. The molecule has 1 atom stereocenters. The van der Waals surface area contributed by atoms with Crippen LogP contribution in [-0.2, 0) is 16.1 Å². The van der Waals surface area contributed by atoms with Gasteiger partial charge in [0.15, 0.2) is 0 Å². The van der Waals surface area contributed by atoms with Crippen LogP contribution in [0.1, 0.15) is 67.0 Å². The summed E-state index contributed by atoms with van der Waals surface area (Å²) in [6.07, 6.45) is 4.23. The van der Waals surface area contributed by atoms with E-state index in [1.807, 2.05) is 44.2 Å². The van der Waals surface area contributed by atoms with E-state index in [0.717, 1.165) is 34.4 Å². The zero-order valence-electron chi connectivity index (χ0n) is 21.2. The highest BCUT2D eigenvalue weighted by Crippen LogP contribution is 2.41. The molecule has 1 unspecified atom stereocenters. The van der Waals surface area contributed by atoms with Crippen molar-refractivity contribution in [2.75, 3.05) is 6.61 Å². The van der Waals surface area contributed by atoms with Crippen molar-refractivity contribution in [3.8, 4) is 5.75 Å². The lowest BCUT2D eigenvalue weighted by molar-refractivity contribution is -0.140. The number of ether oxygens (including phenoxy) is 1. The summed E-state index contributed by atoms with van der Waals surface area (Å²) >= 11 is 0. The van der Waals surface area contributed by atoms with Crippen LogP contribution in [0.15, 0.2) is 72.6 Å². The molecule has 6 nitrogen and oxygen atoms in total. The van der Waals surface area contributed by atoms with Crippen molar-refractivity contribution in [1.82, 2.24) is 9.88 Å². The minimum atomic E-state index is -0.720. The van der Waals surface area contributed by atoms with Crippen LogP contribution in [0.25, 0.3) is 5.76 Å². The van der Waals surface area contributed by atoms with Gasteiger partial charge in [0.2, 0.25) is 0 Å². The molecule has 0 radical (unpaired) electrons. The van der Waals surface area contributed by atoms with Crippen molar-refractivity contribution >= 4 is 17.4 Å². The Morgan fingerprint density at radius 3 is 2.47 bits per heavy atom. The molecule has 1 N–H and O–H groups in total. The molecule has 4 rings (SSSR count). The summed E-state index contributed by atoms with van der Waals surface area (Å²) in [5, 5.41) is 11.4. The Balaban J connectivity index is 1.81. The topological polar surface area (TPSA) is 79.7 Å². The van der Waals surface area contributed by atoms with Crippen LogP contribution < -0.4 is 4.74 Å². The number of ketones is 1. The number of aromatic nitrogens is 1. The predicted octanol–water partition coefficient (Wildman–Crippen LogP) is 5.92. The van der Waals surface area contributed by atoms with E-state index >= 15 is 0 Å². The van der Waals surface area contributed by atoms with Gasteiger partial charge in [-0.15, -0.1) is 0 Å². The average Bonchev–Trinajstić information content (AvgIpc) is 3.13. The maximum absolute atomic E-state index is 13.3. The number of aliphatic hydroxyl groups excluding tert-OH is 1. The second-order valence-electron chi connectivity index (χ2n) is 9.44. The van der Waals surface area contributed by atoms with Crippen LogP contribution in [0, 0.1) is 6.92 Å². The largest absolute Gasteiger partial charge is 0.507 e. The molecule has 2 aromatic carbocycles. The molecule has 0 spiro atoms. The average molecular weight is 485 g/mol. The molecule has 2 heterocycles. The standard InChI is InChI=1S/C30H32N2O4/c1-5-15-36-25-13-12-24(16-20(25)4)28(33)26-27(23-10-8-22(9-11-23)19(2)3)32(30(35)29(26)34)18-21-7-6-14-31-17-21/h6-14,16-17,19,27,33H,5,15,18H2,1-4H3. The lowest BCUT2D eigenvalue weighted by atomic mass is 9.93. The Kier molecular flexibility index (Phi) is 7.53. The summed E-state index contributed by atoms with van der Waals surface area (Å²) in [4.78, 5) is 32.2. The number of aliphatic hydroxyl groups is 1. The van der Waals surface area contributed by atoms with Crippen molar-refractivity contribution in [1.29, 1.82) is 0 Å². The summed E-state index contributed by atoms with van der Waals surface area (Å²) in [7, 11) is 0. The van der Waals surface area contributed by atoms with Crippen molar-refractivity contribution in [3.63, 3.8) is 0 Å². The van der Waals surface area contributed by atoms with Crippen molar-refractivity contribution in [2.45, 2.75) is 52.6 Å². The first kappa shape index (κ1) is 25.2. The predicted molar refractivity (Wildman–Crippen MR) is 140 cm³/mol. The summed E-state index contributed by atoms with van der Waals surface area (Å²) in [5.41, 5.74) is 4.12. The van der Waals surface area contributed by atoms with Crippen molar-refractivity contribution in [3.05, 3.63) is 100 Å². The summed E-state index contributed by atoms with van der Waals surface area (Å²) in [5.74, 6) is -0.454. The monoisotopic (exact) mass is 484 g/mol. The van der Waals surface area contributed by atoms with E-state index in [4.69, 9.17) is 4.74 Å². The molecule has 6 heteroatoms. The third kappa shape index (κ3) is 5.03. The van der Waals surface area contributed by atoms with Gasteiger partial charge in [-0.05, 0) is 65.8 Å². The van der Waals surface area contributed by atoms with E-state index in [1.54, 1.807) is 36.7 Å². The van der Waals surface area contributed by atoms with Crippen molar-refractivity contribution < 1.29 is 19.4 Å². The van der Waals surface area contributed by atoms with Gasteiger partial charge in [-0.2, -0.15) is 0 Å². The molecule has 1 aromatic heterocycles. The van der Waals surface area contributed by atoms with Gasteiger partial charge in [-0.25, -0.2) is 0 Å². The fraction of sp³-hybridized carbons (Fsp3) is 0.300. The highest BCUT2D eigenvalue weighted by atomic mass is 16.5. The number of hydrogen-bond acceptors (Lipinski definition) is 5. The molecule has 1 saturated heterocycles. The number of carbonyl (C=O) groups excluding carboxylic acids is 2. The number of likely N-dealkylation sites (tertiary alicyclic amines) is 1. The number of rotatable bonds is 8. The van der Waals surface area contributed by atoms with Gasteiger partial charge in [0.25, 0.3) is 11.7 Å². The fourth-order valence-corrected chi connectivity index (χ4v) is 4.47. The zero-order valence-corrected chi connectivity index (χ0v) is 21.2. The lowest BCUT2D eigenvalue weighted by Crippen LogP contribution is -2.29. The summed E-state index contributed by atoms with van der Waals surface area (Å²) in [6, 6.07) is 16.1. The lowest BCUT2D eigenvalue weighted by Gasteiger charge is -2.25. The van der Waals surface area contributed by atoms with Gasteiger partial charge >= 0.3 is 0 Å². The number of benzene rings is 2. The molecule has 0 aliphatic carbocycles. The molecule has 186 valence electrons.